The minimum absolute atomic E-state index is 0.165. The van der Waals surface area contributed by atoms with Gasteiger partial charge in [0, 0.05) is 11.1 Å². The highest BCUT2D eigenvalue weighted by Gasteiger charge is 2.70. The van der Waals surface area contributed by atoms with Crippen LogP contribution in [0.15, 0.2) is 66.7 Å². The number of carbonyl (C=O) groups is 1. The van der Waals surface area contributed by atoms with E-state index in [4.69, 9.17) is 14.2 Å². The number of ketones is 1. The summed E-state index contributed by atoms with van der Waals surface area (Å²) in [5, 5.41) is 12.1. The average Bonchev–Trinajstić information content (AvgIpc) is 2.77. The molecular weight excluding hydrogens is 428 g/mol. The maximum absolute atomic E-state index is 13.8. The predicted molar refractivity (Wildman–Crippen MR) is 130 cm³/mol. The lowest BCUT2D eigenvalue weighted by Gasteiger charge is -2.50. The Morgan fingerprint density at radius 2 is 1.35 bits per heavy atom. The molecule has 2 heterocycles. The number of ether oxygens (including phenoxy) is 3. The summed E-state index contributed by atoms with van der Waals surface area (Å²) in [7, 11) is 0. The standard InChI is InChI=1S/C29H30O5/c1-26(2,3)19-16-21(27(4,5)6)24-23(17-19)33-29(18-12-8-7-9-13-18)28(31,34-24)25(30)20-14-10-11-15-22(20)32-29/h7-17,31H,1-6H3/t28-,29-/m0/s1. The fraction of sp³-hybridized carbons (Fsp3) is 0.345. The number of carbonyl (C=O) groups excluding carboxylic acids is 1. The van der Waals surface area contributed by atoms with Gasteiger partial charge >= 0.3 is 11.6 Å². The largest absolute Gasteiger partial charge is 0.444 e. The fourth-order valence-electron chi connectivity index (χ4n) is 4.55. The van der Waals surface area contributed by atoms with Gasteiger partial charge in [-0.15, -0.1) is 0 Å². The van der Waals surface area contributed by atoms with Crippen LogP contribution in [0.5, 0.6) is 17.2 Å². The molecule has 0 amide bonds. The molecule has 3 aromatic rings. The molecule has 0 aromatic heterocycles. The lowest BCUT2D eigenvalue weighted by molar-refractivity contribution is -0.316. The van der Waals surface area contributed by atoms with Crippen molar-refractivity contribution in [2.24, 2.45) is 0 Å². The number of benzene rings is 3. The highest BCUT2D eigenvalue weighted by Crippen LogP contribution is 2.55. The summed E-state index contributed by atoms with van der Waals surface area (Å²) in [5.41, 5.74) is 2.11. The van der Waals surface area contributed by atoms with Crippen molar-refractivity contribution in [1.82, 2.24) is 0 Å². The van der Waals surface area contributed by atoms with Crippen molar-refractivity contribution in [3.63, 3.8) is 0 Å². The third-order valence-electron chi connectivity index (χ3n) is 6.53. The number of Topliss-reactive ketones (excluding diaryl/α,β-unsaturated/α-hetero) is 1. The van der Waals surface area contributed by atoms with E-state index in [-0.39, 0.29) is 16.4 Å². The molecule has 5 nitrogen and oxygen atoms in total. The molecule has 0 bridgehead atoms. The molecule has 0 saturated heterocycles. The number of hydrogen-bond acceptors (Lipinski definition) is 5. The Bertz CT molecular complexity index is 1280. The number of para-hydroxylation sites is 1. The molecule has 0 saturated carbocycles. The van der Waals surface area contributed by atoms with Crippen LogP contribution in [0.3, 0.4) is 0 Å². The van der Waals surface area contributed by atoms with Crippen LogP contribution in [0, 0.1) is 0 Å². The molecule has 1 N–H and O–H groups in total. The Labute approximate surface area is 200 Å². The van der Waals surface area contributed by atoms with Crippen LogP contribution in [0.1, 0.15) is 68.6 Å². The van der Waals surface area contributed by atoms with Gasteiger partial charge in [-0.3, -0.25) is 4.79 Å². The lowest BCUT2D eigenvalue weighted by Crippen LogP contribution is -2.70. The average molecular weight is 459 g/mol. The summed E-state index contributed by atoms with van der Waals surface area (Å²) in [4.78, 5) is 13.8. The molecule has 2 atom stereocenters. The van der Waals surface area contributed by atoms with Gasteiger partial charge in [-0.1, -0.05) is 90.1 Å². The highest BCUT2D eigenvalue weighted by molar-refractivity contribution is 6.06. The van der Waals surface area contributed by atoms with Crippen molar-refractivity contribution in [1.29, 1.82) is 0 Å². The zero-order valence-corrected chi connectivity index (χ0v) is 20.4. The normalized spacial score (nSPS) is 23.6. The summed E-state index contributed by atoms with van der Waals surface area (Å²) < 4.78 is 19.3. The first kappa shape index (κ1) is 22.5. The van der Waals surface area contributed by atoms with Gasteiger partial charge in [0.25, 0.3) is 0 Å². The van der Waals surface area contributed by atoms with Gasteiger partial charge in [0.1, 0.15) is 5.75 Å². The van der Waals surface area contributed by atoms with E-state index in [1.165, 1.54) is 0 Å². The SMILES string of the molecule is CC(C)(C)c1cc2c(c(C(C)(C)C)c1)O[C@@]1(O)C(=O)c3ccccc3O[C@@]1(c1ccccc1)O2. The topological polar surface area (TPSA) is 65.0 Å². The number of rotatable bonds is 1. The van der Waals surface area contributed by atoms with Crippen molar-refractivity contribution in [2.75, 3.05) is 0 Å². The van der Waals surface area contributed by atoms with Gasteiger partial charge in [-0.25, -0.2) is 0 Å². The van der Waals surface area contributed by atoms with Crippen molar-refractivity contribution in [2.45, 2.75) is 63.9 Å². The van der Waals surface area contributed by atoms with Crippen molar-refractivity contribution in [3.05, 3.63) is 89.0 Å². The van der Waals surface area contributed by atoms with E-state index in [1.807, 2.05) is 24.3 Å². The molecule has 2 aliphatic heterocycles. The first-order chi connectivity index (χ1) is 15.9. The molecule has 3 aromatic carbocycles. The third kappa shape index (κ3) is 3.14. The van der Waals surface area contributed by atoms with E-state index in [0.717, 1.165) is 11.1 Å². The van der Waals surface area contributed by atoms with Crippen LogP contribution >= 0.6 is 0 Å². The van der Waals surface area contributed by atoms with Gasteiger partial charge in [0.05, 0.1) is 5.56 Å². The Kier molecular flexibility index (Phi) is 4.69. The minimum atomic E-state index is -2.43. The molecule has 0 aliphatic carbocycles. The lowest BCUT2D eigenvalue weighted by atomic mass is 9.79. The first-order valence-electron chi connectivity index (χ1n) is 11.5. The molecule has 176 valence electrons. The van der Waals surface area contributed by atoms with Crippen LogP contribution < -0.4 is 14.2 Å². The summed E-state index contributed by atoms with van der Waals surface area (Å²) in [5.74, 6) is -3.85. The van der Waals surface area contributed by atoms with E-state index in [2.05, 4.69) is 47.6 Å². The van der Waals surface area contributed by atoms with Crippen LogP contribution in [-0.4, -0.2) is 16.7 Å². The van der Waals surface area contributed by atoms with Crippen molar-refractivity contribution < 1.29 is 24.1 Å². The van der Waals surface area contributed by atoms with Gasteiger partial charge in [-0.2, -0.15) is 0 Å². The maximum Gasteiger partial charge on any atom is 0.357 e. The second-order valence-electron chi connectivity index (χ2n) is 11.1. The molecule has 5 heteroatoms. The van der Waals surface area contributed by atoms with Crippen molar-refractivity contribution >= 4 is 5.78 Å². The van der Waals surface area contributed by atoms with E-state index in [0.29, 0.717) is 22.8 Å². The van der Waals surface area contributed by atoms with Crippen LogP contribution in [0.4, 0.5) is 0 Å². The van der Waals surface area contributed by atoms with Gasteiger partial charge in [-0.05, 0) is 34.6 Å². The predicted octanol–water partition coefficient (Wildman–Crippen LogP) is 5.87. The molecule has 34 heavy (non-hydrogen) atoms. The quantitative estimate of drug-likeness (QED) is 0.494. The van der Waals surface area contributed by atoms with E-state index >= 15 is 0 Å². The van der Waals surface area contributed by atoms with Crippen LogP contribution in [-0.2, 0) is 16.6 Å². The summed E-state index contributed by atoms with van der Waals surface area (Å²) in [6.07, 6.45) is 0. The Hall–Kier alpha value is -3.31. The summed E-state index contributed by atoms with van der Waals surface area (Å²) in [6.45, 7) is 12.6. The molecule has 0 fully saturated rings. The molecule has 0 spiro atoms. The van der Waals surface area contributed by atoms with Crippen molar-refractivity contribution in [3.8, 4) is 17.2 Å². The monoisotopic (exact) mass is 458 g/mol. The molecule has 2 aliphatic rings. The summed E-state index contributed by atoms with van der Waals surface area (Å²) in [6, 6.07) is 19.8. The van der Waals surface area contributed by atoms with Gasteiger partial charge in [0.2, 0.25) is 5.78 Å². The summed E-state index contributed by atoms with van der Waals surface area (Å²) >= 11 is 0. The number of aliphatic hydroxyl groups is 1. The molecule has 5 rings (SSSR count). The molecular formula is C29H30O5. The Balaban J connectivity index is 1.82. The highest BCUT2D eigenvalue weighted by atomic mass is 16.8. The maximum atomic E-state index is 13.8. The van der Waals surface area contributed by atoms with E-state index < -0.39 is 17.4 Å². The minimum Gasteiger partial charge on any atom is -0.444 e. The second kappa shape index (κ2) is 7.09. The van der Waals surface area contributed by atoms with Gasteiger partial charge in [0.15, 0.2) is 11.5 Å². The Morgan fingerprint density at radius 1 is 0.735 bits per heavy atom. The van der Waals surface area contributed by atoms with Crippen LogP contribution in [0.25, 0.3) is 0 Å². The Morgan fingerprint density at radius 3 is 2.00 bits per heavy atom. The molecule has 0 radical (unpaired) electrons. The fourth-order valence-corrected chi connectivity index (χ4v) is 4.55. The van der Waals surface area contributed by atoms with E-state index in [9.17, 15) is 9.90 Å². The zero-order valence-electron chi connectivity index (χ0n) is 20.4. The number of hydrogen-bond donors (Lipinski definition) is 1. The smallest absolute Gasteiger partial charge is 0.357 e. The first-order valence-corrected chi connectivity index (χ1v) is 11.5. The van der Waals surface area contributed by atoms with Crippen LogP contribution in [0.2, 0.25) is 0 Å². The third-order valence-corrected chi connectivity index (χ3v) is 6.53. The zero-order chi connectivity index (χ0) is 24.5. The van der Waals surface area contributed by atoms with E-state index in [1.54, 1.807) is 36.4 Å². The molecule has 0 unspecified atom stereocenters. The van der Waals surface area contributed by atoms with Gasteiger partial charge < -0.3 is 19.3 Å². The number of fused-ring (bicyclic) bond motifs is 3. The second-order valence-corrected chi connectivity index (χ2v) is 11.1.